The fourth-order valence-electron chi connectivity index (χ4n) is 4.52. The molecule has 1 fully saturated rings. The number of anilines is 2. The van der Waals surface area contributed by atoms with Gasteiger partial charge in [0.25, 0.3) is 0 Å². The SMILES string of the molecule is Cc1nc2c(c(Nc3ccc(C#N)cc3F)n1)CN(CC(=O)C1CNCCN1NC(=O)OC(C)(C)C)CC2. The molecule has 1 amide bonds. The second-order valence-electron chi connectivity index (χ2n) is 10.4. The highest BCUT2D eigenvalue weighted by Gasteiger charge is 2.33. The zero-order valence-corrected chi connectivity index (χ0v) is 22.1. The summed E-state index contributed by atoms with van der Waals surface area (Å²) in [7, 11) is 0. The van der Waals surface area contributed by atoms with Gasteiger partial charge in [-0.05, 0) is 45.9 Å². The monoisotopic (exact) mass is 524 g/mol. The van der Waals surface area contributed by atoms with Gasteiger partial charge < -0.3 is 15.4 Å². The second kappa shape index (κ2) is 11.4. The van der Waals surface area contributed by atoms with Gasteiger partial charge in [0.15, 0.2) is 5.78 Å². The number of carbonyl (C=O) groups is 2. The van der Waals surface area contributed by atoms with E-state index in [9.17, 15) is 14.0 Å². The number of aromatic nitrogens is 2. The van der Waals surface area contributed by atoms with Gasteiger partial charge in [0, 0.05) is 44.7 Å². The third-order valence-electron chi connectivity index (χ3n) is 6.23. The van der Waals surface area contributed by atoms with Crippen LogP contribution in [0.1, 0.15) is 43.4 Å². The van der Waals surface area contributed by atoms with E-state index in [0.717, 1.165) is 11.3 Å². The standard InChI is InChI=1S/C26H33FN8O3/c1-16-30-20-7-9-34(14-18(20)24(31-16)32-21-6-5-17(12-28)11-19(21)27)15-23(36)22-13-29-8-10-35(22)33-25(37)38-26(2,3)4/h5-6,11,22,29H,7-10,13-15H2,1-4H3,(H,33,37)(H,30,31,32). The van der Waals surface area contributed by atoms with E-state index < -0.39 is 23.6 Å². The van der Waals surface area contributed by atoms with Crippen LogP contribution in [0.15, 0.2) is 18.2 Å². The van der Waals surface area contributed by atoms with Gasteiger partial charge in [-0.2, -0.15) is 5.26 Å². The normalized spacial score (nSPS) is 18.3. The Hall–Kier alpha value is -3.66. The summed E-state index contributed by atoms with van der Waals surface area (Å²) in [5, 5.41) is 16.9. The number of nitrogens with zero attached hydrogens (tertiary/aromatic N) is 5. The van der Waals surface area contributed by atoms with Crippen molar-refractivity contribution in [3.8, 4) is 6.07 Å². The summed E-state index contributed by atoms with van der Waals surface area (Å²) in [4.78, 5) is 36.7. The van der Waals surface area contributed by atoms with Crippen LogP contribution in [0.5, 0.6) is 0 Å². The summed E-state index contributed by atoms with van der Waals surface area (Å²) >= 11 is 0. The first-order chi connectivity index (χ1) is 18.0. The zero-order valence-electron chi connectivity index (χ0n) is 22.1. The lowest BCUT2D eigenvalue weighted by molar-refractivity contribution is -0.127. The quantitative estimate of drug-likeness (QED) is 0.516. The Balaban J connectivity index is 1.46. The molecule has 202 valence electrons. The predicted octanol–water partition coefficient (Wildman–Crippen LogP) is 2.18. The van der Waals surface area contributed by atoms with Crippen molar-refractivity contribution >= 4 is 23.4 Å². The van der Waals surface area contributed by atoms with Gasteiger partial charge in [0.05, 0.1) is 29.6 Å². The third-order valence-corrected chi connectivity index (χ3v) is 6.23. The number of hydrazine groups is 1. The van der Waals surface area contributed by atoms with Crippen LogP contribution in [-0.2, 0) is 22.5 Å². The van der Waals surface area contributed by atoms with Crippen LogP contribution in [0.3, 0.4) is 0 Å². The van der Waals surface area contributed by atoms with Crippen molar-refractivity contribution in [2.75, 3.05) is 38.0 Å². The number of piperazine rings is 1. The summed E-state index contributed by atoms with van der Waals surface area (Å²) in [5.74, 6) is 0.430. The molecule has 2 aromatic rings. The number of benzene rings is 1. The molecule has 1 saturated heterocycles. The lowest BCUT2D eigenvalue weighted by Crippen LogP contribution is -2.62. The van der Waals surface area contributed by atoms with Crippen LogP contribution < -0.4 is 16.1 Å². The molecule has 0 saturated carbocycles. The number of rotatable bonds is 6. The first-order valence-electron chi connectivity index (χ1n) is 12.6. The summed E-state index contributed by atoms with van der Waals surface area (Å²) in [6.07, 6.45) is 0.0154. The van der Waals surface area contributed by atoms with Gasteiger partial charge in [-0.25, -0.2) is 24.2 Å². The Kier molecular flexibility index (Phi) is 8.20. The van der Waals surface area contributed by atoms with Crippen molar-refractivity contribution in [2.45, 2.75) is 52.3 Å². The number of amides is 1. The summed E-state index contributed by atoms with van der Waals surface area (Å²) < 4.78 is 19.9. The van der Waals surface area contributed by atoms with Gasteiger partial charge in [-0.15, -0.1) is 0 Å². The molecule has 2 aliphatic heterocycles. The van der Waals surface area contributed by atoms with Crippen molar-refractivity contribution in [1.29, 1.82) is 5.26 Å². The summed E-state index contributed by atoms with van der Waals surface area (Å²) in [5.41, 5.74) is 4.15. The number of ketones is 1. The van der Waals surface area contributed by atoms with Crippen molar-refractivity contribution in [1.82, 2.24) is 30.6 Å². The van der Waals surface area contributed by atoms with E-state index in [1.807, 2.05) is 11.0 Å². The molecule has 2 aliphatic rings. The second-order valence-corrected chi connectivity index (χ2v) is 10.4. The average molecular weight is 525 g/mol. The number of hydrogen-bond donors (Lipinski definition) is 3. The number of nitrogens with one attached hydrogen (secondary N) is 3. The molecular formula is C26H33FN8O3. The maximum absolute atomic E-state index is 14.6. The molecule has 0 bridgehead atoms. The number of halogens is 1. The highest BCUT2D eigenvalue weighted by atomic mass is 19.1. The molecule has 0 spiro atoms. The molecule has 3 N–H and O–H groups in total. The minimum Gasteiger partial charge on any atom is -0.443 e. The number of nitriles is 1. The molecule has 1 atom stereocenters. The number of hydrogen-bond acceptors (Lipinski definition) is 10. The molecular weight excluding hydrogens is 491 g/mol. The largest absolute Gasteiger partial charge is 0.443 e. The van der Waals surface area contributed by atoms with Crippen LogP contribution in [0.2, 0.25) is 0 Å². The van der Waals surface area contributed by atoms with Crippen LogP contribution in [0, 0.1) is 24.1 Å². The molecule has 0 radical (unpaired) electrons. The lowest BCUT2D eigenvalue weighted by Gasteiger charge is -2.37. The van der Waals surface area contributed by atoms with Crippen LogP contribution in [-0.4, -0.2) is 76.1 Å². The van der Waals surface area contributed by atoms with Crippen molar-refractivity contribution in [3.05, 3.63) is 46.7 Å². The van der Waals surface area contributed by atoms with Gasteiger partial charge in [0.1, 0.15) is 29.1 Å². The maximum atomic E-state index is 14.6. The van der Waals surface area contributed by atoms with Crippen LogP contribution in [0.4, 0.5) is 20.7 Å². The Labute approximate surface area is 221 Å². The summed E-state index contributed by atoms with van der Waals surface area (Å²) in [6, 6.07) is 5.59. The van der Waals surface area contributed by atoms with E-state index in [0.29, 0.717) is 50.8 Å². The Morgan fingerprint density at radius 1 is 1.29 bits per heavy atom. The smallest absolute Gasteiger partial charge is 0.422 e. The van der Waals surface area contributed by atoms with Gasteiger partial charge in [-0.1, -0.05) is 0 Å². The Morgan fingerprint density at radius 3 is 2.79 bits per heavy atom. The van der Waals surface area contributed by atoms with Gasteiger partial charge in [-0.3, -0.25) is 15.1 Å². The van der Waals surface area contributed by atoms with E-state index in [1.54, 1.807) is 32.7 Å². The van der Waals surface area contributed by atoms with Crippen LogP contribution >= 0.6 is 0 Å². The van der Waals surface area contributed by atoms with E-state index in [2.05, 4.69) is 26.0 Å². The molecule has 1 aromatic heterocycles. The molecule has 11 nitrogen and oxygen atoms in total. The number of ether oxygens (including phenoxy) is 1. The van der Waals surface area contributed by atoms with Crippen LogP contribution in [0.25, 0.3) is 0 Å². The number of Topliss-reactive ketones (excluding diaryl/α,β-unsaturated/α-hetero) is 1. The number of carbonyl (C=O) groups excluding carboxylic acids is 2. The highest BCUT2D eigenvalue weighted by molar-refractivity contribution is 5.86. The summed E-state index contributed by atoms with van der Waals surface area (Å²) in [6.45, 7) is 9.83. The zero-order chi connectivity index (χ0) is 27.4. The van der Waals surface area contributed by atoms with E-state index in [1.165, 1.54) is 18.2 Å². The number of fused-ring (bicyclic) bond motifs is 1. The molecule has 12 heteroatoms. The third kappa shape index (κ3) is 6.80. The van der Waals surface area contributed by atoms with Gasteiger partial charge in [0.2, 0.25) is 0 Å². The lowest BCUT2D eigenvalue weighted by atomic mass is 10.0. The first kappa shape index (κ1) is 27.4. The van der Waals surface area contributed by atoms with Crippen molar-refractivity contribution in [2.24, 2.45) is 0 Å². The molecule has 4 rings (SSSR count). The molecule has 1 unspecified atom stereocenters. The molecule has 0 aliphatic carbocycles. The Bertz CT molecular complexity index is 1260. The minimum atomic E-state index is -0.647. The molecule has 1 aromatic carbocycles. The Morgan fingerprint density at radius 2 is 2.08 bits per heavy atom. The maximum Gasteiger partial charge on any atom is 0.422 e. The van der Waals surface area contributed by atoms with E-state index in [4.69, 9.17) is 10.00 Å². The molecule has 38 heavy (non-hydrogen) atoms. The fourth-order valence-corrected chi connectivity index (χ4v) is 4.52. The van der Waals surface area contributed by atoms with Crippen molar-refractivity contribution < 1.29 is 18.7 Å². The topological polar surface area (TPSA) is 136 Å². The highest BCUT2D eigenvalue weighted by Crippen LogP contribution is 2.28. The minimum absolute atomic E-state index is 0.0441. The fraction of sp³-hybridized carbons (Fsp3) is 0.500. The van der Waals surface area contributed by atoms with Crippen molar-refractivity contribution in [3.63, 3.8) is 0 Å². The van der Waals surface area contributed by atoms with E-state index in [-0.39, 0.29) is 23.6 Å². The number of aryl methyl sites for hydroxylation is 1. The molecule has 3 heterocycles. The predicted molar refractivity (Wildman–Crippen MR) is 138 cm³/mol. The average Bonchev–Trinajstić information content (AvgIpc) is 2.84. The first-order valence-corrected chi connectivity index (χ1v) is 12.6. The van der Waals surface area contributed by atoms with E-state index >= 15 is 0 Å². The van der Waals surface area contributed by atoms with Gasteiger partial charge >= 0.3 is 6.09 Å².